The Labute approximate surface area is 188 Å². The van der Waals surface area contributed by atoms with Gasteiger partial charge in [-0.05, 0) is 56.2 Å². The number of hydrogen-bond acceptors (Lipinski definition) is 3. The van der Waals surface area contributed by atoms with Crippen molar-refractivity contribution in [3.05, 3.63) is 94.0 Å². The number of hydrogen-bond donors (Lipinski definition) is 2. The molecule has 0 aliphatic heterocycles. The molecule has 3 rings (SSSR count). The van der Waals surface area contributed by atoms with Crippen LogP contribution in [0.1, 0.15) is 46.4 Å². The normalized spacial score (nSPS) is 12.3. The zero-order chi connectivity index (χ0) is 22.6. The SMILES string of the molecule is CCC(NC(=O)c1cc(NS(=O)(=O)c2ccc(C)cc2)ccc1Cl)c1ccc(C)cc1. The maximum atomic E-state index is 12.9. The summed E-state index contributed by atoms with van der Waals surface area (Å²) in [5.74, 6) is -0.367. The Bertz CT molecular complexity index is 1170. The first kappa shape index (κ1) is 22.8. The van der Waals surface area contributed by atoms with Crippen molar-refractivity contribution in [3.8, 4) is 0 Å². The molecule has 0 aromatic heterocycles. The van der Waals surface area contributed by atoms with Crippen LogP contribution in [0.3, 0.4) is 0 Å². The van der Waals surface area contributed by atoms with Gasteiger partial charge in [0.2, 0.25) is 0 Å². The van der Waals surface area contributed by atoms with Crippen molar-refractivity contribution in [2.45, 2.75) is 38.1 Å². The fraction of sp³-hybridized carbons (Fsp3) is 0.208. The number of anilines is 1. The first-order chi connectivity index (χ1) is 14.7. The number of aryl methyl sites for hydroxylation is 2. The summed E-state index contributed by atoms with van der Waals surface area (Å²) in [5, 5.41) is 3.23. The number of benzene rings is 3. The molecular formula is C24H25ClN2O3S. The van der Waals surface area contributed by atoms with Crippen LogP contribution in [0.2, 0.25) is 5.02 Å². The Balaban J connectivity index is 1.82. The summed E-state index contributed by atoms with van der Waals surface area (Å²) >= 11 is 6.25. The summed E-state index contributed by atoms with van der Waals surface area (Å²) in [7, 11) is -3.78. The molecule has 1 amide bonds. The van der Waals surface area contributed by atoms with Crippen LogP contribution in [-0.4, -0.2) is 14.3 Å². The second-order valence-corrected chi connectivity index (χ2v) is 9.55. The predicted octanol–water partition coefficient (Wildman–Crippen LogP) is 5.64. The molecule has 0 saturated heterocycles. The van der Waals surface area contributed by atoms with Crippen LogP contribution < -0.4 is 10.0 Å². The lowest BCUT2D eigenvalue weighted by molar-refractivity contribution is 0.0935. The quantitative estimate of drug-likeness (QED) is 0.483. The van der Waals surface area contributed by atoms with Crippen LogP contribution in [0.25, 0.3) is 0 Å². The highest BCUT2D eigenvalue weighted by Gasteiger charge is 2.19. The molecule has 5 nitrogen and oxygen atoms in total. The van der Waals surface area contributed by atoms with Crippen LogP contribution in [0, 0.1) is 13.8 Å². The minimum absolute atomic E-state index is 0.143. The summed E-state index contributed by atoms with van der Waals surface area (Å²) in [6.45, 7) is 5.87. The molecule has 0 heterocycles. The van der Waals surface area contributed by atoms with Gasteiger partial charge in [0, 0.05) is 5.69 Å². The van der Waals surface area contributed by atoms with Crippen LogP contribution in [0.4, 0.5) is 5.69 Å². The second-order valence-electron chi connectivity index (χ2n) is 7.46. The third-order valence-electron chi connectivity index (χ3n) is 4.99. The van der Waals surface area contributed by atoms with Crippen LogP contribution in [-0.2, 0) is 10.0 Å². The zero-order valence-electron chi connectivity index (χ0n) is 17.6. The van der Waals surface area contributed by atoms with Crippen molar-refractivity contribution in [1.29, 1.82) is 0 Å². The Hall–Kier alpha value is -2.83. The topological polar surface area (TPSA) is 75.3 Å². The number of rotatable bonds is 7. The Morgan fingerprint density at radius 3 is 2.10 bits per heavy atom. The molecule has 162 valence electrons. The highest BCUT2D eigenvalue weighted by Crippen LogP contribution is 2.25. The number of carbonyl (C=O) groups excluding carboxylic acids is 1. The van der Waals surface area contributed by atoms with Gasteiger partial charge in [0.1, 0.15) is 0 Å². The van der Waals surface area contributed by atoms with Gasteiger partial charge in [-0.15, -0.1) is 0 Å². The molecule has 1 atom stereocenters. The van der Waals surface area contributed by atoms with Gasteiger partial charge >= 0.3 is 0 Å². The van der Waals surface area contributed by atoms with Crippen LogP contribution in [0.5, 0.6) is 0 Å². The zero-order valence-corrected chi connectivity index (χ0v) is 19.2. The molecule has 2 N–H and O–H groups in total. The van der Waals surface area contributed by atoms with Crippen molar-refractivity contribution in [2.24, 2.45) is 0 Å². The Morgan fingerprint density at radius 1 is 0.935 bits per heavy atom. The third-order valence-corrected chi connectivity index (χ3v) is 6.71. The van der Waals surface area contributed by atoms with Gasteiger partial charge in [0.15, 0.2) is 0 Å². The summed E-state index contributed by atoms with van der Waals surface area (Å²) in [6, 6.07) is 18.8. The molecule has 0 aliphatic carbocycles. The molecule has 0 aliphatic rings. The maximum absolute atomic E-state index is 12.9. The average molecular weight is 457 g/mol. The fourth-order valence-electron chi connectivity index (χ4n) is 3.15. The lowest BCUT2D eigenvalue weighted by Crippen LogP contribution is -2.28. The number of sulfonamides is 1. The van der Waals surface area contributed by atoms with Gasteiger partial charge in [-0.3, -0.25) is 9.52 Å². The van der Waals surface area contributed by atoms with Crippen molar-refractivity contribution in [2.75, 3.05) is 4.72 Å². The molecular weight excluding hydrogens is 432 g/mol. The number of amides is 1. The largest absolute Gasteiger partial charge is 0.345 e. The number of nitrogens with one attached hydrogen (secondary N) is 2. The average Bonchev–Trinajstić information content (AvgIpc) is 2.74. The molecule has 0 bridgehead atoms. The third kappa shape index (κ3) is 5.66. The van der Waals surface area contributed by atoms with E-state index in [4.69, 9.17) is 11.6 Å². The van der Waals surface area contributed by atoms with Crippen molar-refractivity contribution in [3.63, 3.8) is 0 Å². The summed E-state index contributed by atoms with van der Waals surface area (Å²) in [4.78, 5) is 13.1. The molecule has 0 fully saturated rings. The van der Waals surface area contributed by atoms with Crippen molar-refractivity contribution < 1.29 is 13.2 Å². The highest BCUT2D eigenvalue weighted by atomic mass is 35.5. The van der Waals surface area contributed by atoms with Crippen molar-refractivity contribution in [1.82, 2.24) is 5.32 Å². The molecule has 7 heteroatoms. The Morgan fingerprint density at radius 2 is 1.52 bits per heavy atom. The smallest absolute Gasteiger partial charge is 0.261 e. The van der Waals surface area contributed by atoms with E-state index in [0.717, 1.165) is 16.7 Å². The second kappa shape index (κ2) is 9.54. The van der Waals surface area contributed by atoms with Gasteiger partial charge in [0.25, 0.3) is 15.9 Å². The molecule has 0 spiro atoms. The van der Waals surface area contributed by atoms with Gasteiger partial charge in [-0.25, -0.2) is 8.42 Å². The molecule has 3 aromatic rings. The summed E-state index contributed by atoms with van der Waals surface area (Å²) in [6.07, 6.45) is 0.701. The van der Waals surface area contributed by atoms with Crippen LogP contribution in [0.15, 0.2) is 71.6 Å². The maximum Gasteiger partial charge on any atom is 0.261 e. The lowest BCUT2D eigenvalue weighted by atomic mass is 10.0. The van der Waals surface area contributed by atoms with E-state index < -0.39 is 10.0 Å². The van der Waals surface area contributed by atoms with E-state index in [9.17, 15) is 13.2 Å². The molecule has 31 heavy (non-hydrogen) atoms. The first-order valence-electron chi connectivity index (χ1n) is 9.96. The van der Waals surface area contributed by atoms with Gasteiger partial charge in [-0.1, -0.05) is 66.0 Å². The van der Waals surface area contributed by atoms with E-state index in [-0.39, 0.29) is 33.1 Å². The van der Waals surface area contributed by atoms with Gasteiger partial charge in [0.05, 0.1) is 21.5 Å². The lowest BCUT2D eigenvalue weighted by Gasteiger charge is -2.19. The summed E-state index contributed by atoms with van der Waals surface area (Å²) < 4.78 is 27.9. The minimum Gasteiger partial charge on any atom is -0.345 e. The molecule has 3 aromatic carbocycles. The van der Waals surface area contributed by atoms with E-state index in [1.54, 1.807) is 12.1 Å². The highest BCUT2D eigenvalue weighted by molar-refractivity contribution is 7.92. The minimum atomic E-state index is -3.78. The molecule has 0 saturated carbocycles. The van der Waals surface area contributed by atoms with E-state index in [1.165, 1.54) is 30.3 Å². The number of carbonyl (C=O) groups is 1. The van der Waals surface area contributed by atoms with E-state index >= 15 is 0 Å². The summed E-state index contributed by atoms with van der Waals surface area (Å²) in [5.41, 5.74) is 3.56. The van der Waals surface area contributed by atoms with Crippen molar-refractivity contribution >= 4 is 33.2 Å². The van der Waals surface area contributed by atoms with E-state index in [1.807, 2.05) is 45.0 Å². The molecule has 0 radical (unpaired) electrons. The first-order valence-corrected chi connectivity index (χ1v) is 11.8. The van der Waals surface area contributed by atoms with Crippen LogP contribution >= 0.6 is 11.6 Å². The van der Waals surface area contributed by atoms with E-state index in [0.29, 0.717) is 6.42 Å². The predicted molar refractivity (Wildman–Crippen MR) is 125 cm³/mol. The number of halogens is 1. The standard InChI is InChI=1S/C24H25ClN2O3S/c1-4-23(18-9-5-16(2)6-10-18)26-24(28)21-15-19(11-14-22(21)25)27-31(29,30)20-12-7-17(3)8-13-20/h5-15,23,27H,4H2,1-3H3,(H,26,28). The monoisotopic (exact) mass is 456 g/mol. The van der Waals surface area contributed by atoms with Gasteiger partial charge in [-0.2, -0.15) is 0 Å². The fourth-order valence-corrected chi connectivity index (χ4v) is 4.40. The van der Waals surface area contributed by atoms with E-state index in [2.05, 4.69) is 10.0 Å². The van der Waals surface area contributed by atoms with Gasteiger partial charge < -0.3 is 5.32 Å². The Kier molecular flexibility index (Phi) is 7.03. The molecule has 1 unspecified atom stereocenters.